The minimum atomic E-state index is -0.910. The summed E-state index contributed by atoms with van der Waals surface area (Å²) in [6.07, 6.45) is 4.48. The number of carboxylic acid groups (broad SMARTS) is 1. The topological polar surface area (TPSA) is 59.9 Å². The summed E-state index contributed by atoms with van der Waals surface area (Å²) in [6, 6.07) is 2.02. The number of fused-ring (bicyclic) bond motifs is 1. The maximum Gasteiger partial charge on any atom is 0.411 e. The van der Waals surface area contributed by atoms with E-state index in [-0.39, 0.29) is 0 Å². The summed E-state index contributed by atoms with van der Waals surface area (Å²) < 4.78 is 0. The predicted molar refractivity (Wildman–Crippen MR) is 78.9 cm³/mol. The quantitative estimate of drug-likeness (QED) is 0.850. The van der Waals surface area contributed by atoms with E-state index >= 15 is 0 Å². The third kappa shape index (κ3) is 2.26. The molecule has 0 atom stereocenters. The SMILES string of the molecule is CN1CCN(C(=O)O)c2cnc(N3CCCCC3)cc21. The summed E-state index contributed by atoms with van der Waals surface area (Å²) in [6.45, 7) is 3.28. The lowest BCUT2D eigenvalue weighted by Gasteiger charge is -2.35. The zero-order valence-electron chi connectivity index (χ0n) is 11.7. The van der Waals surface area contributed by atoms with Crippen LogP contribution in [-0.2, 0) is 0 Å². The lowest BCUT2D eigenvalue weighted by Crippen LogP contribution is -2.42. The van der Waals surface area contributed by atoms with Crippen molar-refractivity contribution in [2.75, 3.05) is 47.9 Å². The Labute approximate surface area is 118 Å². The molecule has 6 nitrogen and oxygen atoms in total. The Morgan fingerprint density at radius 2 is 1.90 bits per heavy atom. The van der Waals surface area contributed by atoms with Gasteiger partial charge in [0.15, 0.2) is 0 Å². The van der Waals surface area contributed by atoms with Gasteiger partial charge in [0, 0.05) is 39.3 Å². The van der Waals surface area contributed by atoms with Gasteiger partial charge >= 0.3 is 6.09 Å². The van der Waals surface area contributed by atoms with Gasteiger partial charge in [-0.05, 0) is 19.3 Å². The van der Waals surface area contributed by atoms with Gasteiger partial charge < -0.3 is 14.9 Å². The van der Waals surface area contributed by atoms with Crippen molar-refractivity contribution < 1.29 is 9.90 Å². The van der Waals surface area contributed by atoms with Crippen LogP contribution < -0.4 is 14.7 Å². The van der Waals surface area contributed by atoms with E-state index in [0.29, 0.717) is 18.8 Å². The molecular formula is C14H20N4O2. The number of pyridine rings is 1. The Kier molecular flexibility index (Phi) is 3.38. The molecule has 0 aliphatic carbocycles. The second kappa shape index (κ2) is 5.19. The molecule has 1 aromatic heterocycles. The maximum absolute atomic E-state index is 11.3. The van der Waals surface area contributed by atoms with E-state index in [9.17, 15) is 9.90 Å². The average molecular weight is 276 g/mol. The van der Waals surface area contributed by atoms with E-state index in [4.69, 9.17) is 0 Å². The fourth-order valence-corrected chi connectivity index (χ4v) is 2.93. The maximum atomic E-state index is 11.3. The van der Waals surface area contributed by atoms with E-state index < -0.39 is 6.09 Å². The van der Waals surface area contributed by atoms with E-state index in [1.165, 1.54) is 24.2 Å². The lowest BCUT2D eigenvalue weighted by atomic mass is 10.1. The van der Waals surface area contributed by atoms with Crippen molar-refractivity contribution in [2.45, 2.75) is 19.3 Å². The molecule has 3 heterocycles. The second-order valence-corrected chi connectivity index (χ2v) is 5.43. The molecule has 0 saturated carbocycles. The van der Waals surface area contributed by atoms with Gasteiger partial charge in [0.2, 0.25) is 0 Å². The Morgan fingerprint density at radius 3 is 2.60 bits per heavy atom. The number of piperidine rings is 1. The Balaban J connectivity index is 1.94. The standard InChI is InChI=1S/C14H20N4O2/c1-16-7-8-18(14(19)20)12-10-15-13(9-11(12)16)17-5-3-2-4-6-17/h9-10H,2-8H2,1H3,(H,19,20). The van der Waals surface area contributed by atoms with Crippen LogP contribution in [0.25, 0.3) is 0 Å². The molecule has 0 unspecified atom stereocenters. The monoisotopic (exact) mass is 276 g/mol. The minimum absolute atomic E-state index is 0.490. The molecule has 0 radical (unpaired) electrons. The molecule has 20 heavy (non-hydrogen) atoms. The molecule has 3 rings (SSSR count). The van der Waals surface area contributed by atoms with Crippen LogP contribution in [0.1, 0.15) is 19.3 Å². The largest absolute Gasteiger partial charge is 0.465 e. The number of carbonyl (C=O) groups is 1. The van der Waals surface area contributed by atoms with Crippen LogP contribution in [0, 0.1) is 0 Å². The number of amides is 1. The van der Waals surface area contributed by atoms with Gasteiger partial charge in [-0.15, -0.1) is 0 Å². The molecule has 6 heteroatoms. The summed E-state index contributed by atoms with van der Waals surface area (Å²) in [4.78, 5) is 21.5. The highest BCUT2D eigenvalue weighted by Gasteiger charge is 2.26. The summed E-state index contributed by atoms with van der Waals surface area (Å²) in [5.41, 5.74) is 1.64. The third-order valence-corrected chi connectivity index (χ3v) is 4.12. The predicted octanol–water partition coefficient (Wildman–Crippen LogP) is 2.01. The molecule has 1 saturated heterocycles. The Morgan fingerprint density at radius 1 is 1.15 bits per heavy atom. The first-order valence-electron chi connectivity index (χ1n) is 7.13. The number of rotatable bonds is 1. The van der Waals surface area contributed by atoms with Crippen molar-refractivity contribution in [1.29, 1.82) is 0 Å². The molecule has 2 aliphatic rings. The van der Waals surface area contributed by atoms with Crippen LogP contribution >= 0.6 is 0 Å². The van der Waals surface area contributed by atoms with E-state index in [0.717, 1.165) is 24.6 Å². The van der Waals surface area contributed by atoms with Gasteiger partial charge in [-0.25, -0.2) is 9.78 Å². The molecule has 2 aliphatic heterocycles. The number of hydrogen-bond acceptors (Lipinski definition) is 4. The number of hydrogen-bond donors (Lipinski definition) is 1. The first kappa shape index (κ1) is 13.0. The zero-order chi connectivity index (χ0) is 14.1. The highest BCUT2D eigenvalue weighted by atomic mass is 16.4. The second-order valence-electron chi connectivity index (χ2n) is 5.43. The van der Waals surface area contributed by atoms with Crippen LogP contribution in [0.15, 0.2) is 12.3 Å². The highest BCUT2D eigenvalue weighted by Crippen LogP contribution is 2.34. The number of nitrogens with zero attached hydrogens (tertiary/aromatic N) is 4. The molecule has 1 amide bonds. The number of anilines is 3. The highest BCUT2D eigenvalue weighted by molar-refractivity contribution is 5.92. The van der Waals surface area contributed by atoms with Crippen LogP contribution in [-0.4, -0.2) is 49.4 Å². The van der Waals surface area contributed by atoms with Crippen LogP contribution in [0.2, 0.25) is 0 Å². The summed E-state index contributed by atoms with van der Waals surface area (Å²) in [7, 11) is 2.00. The fourth-order valence-electron chi connectivity index (χ4n) is 2.93. The van der Waals surface area contributed by atoms with Crippen molar-refractivity contribution >= 4 is 23.3 Å². The van der Waals surface area contributed by atoms with Crippen molar-refractivity contribution in [3.63, 3.8) is 0 Å². The molecule has 1 aromatic rings. The van der Waals surface area contributed by atoms with Crippen LogP contribution in [0.5, 0.6) is 0 Å². The normalized spacial score (nSPS) is 18.9. The fraction of sp³-hybridized carbons (Fsp3) is 0.571. The number of aromatic nitrogens is 1. The Hall–Kier alpha value is -1.98. The van der Waals surface area contributed by atoms with Crippen LogP contribution in [0.4, 0.5) is 22.0 Å². The van der Waals surface area contributed by atoms with Crippen molar-refractivity contribution in [3.8, 4) is 0 Å². The average Bonchev–Trinajstić information content (AvgIpc) is 2.48. The van der Waals surface area contributed by atoms with Gasteiger partial charge in [0.1, 0.15) is 5.82 Å². The first-order valence-corrected chi connectivity index (χ1v) is 7.13. The van der Waals surface area contributed by atoms with Crippen molar-refractivity contribution in [1.82, 2.24) is 4.98 Å². The van der Waals surface area contributed by atoms with Crippen LogP contribution in [0.3, 0.4) is 0 Å². The van der Waals surface area contributed by atoms with Gasteiger partial charge in [0.05, 0.1) is 17.6 Å². The van der Waals surface area contributed by atoms with Crippen molar-refractivity contribution in [3.05, 3.63) is 12.3 Å². The van der Waals surface area contributed by atoms with Gasteiger partial charge in [-0.1, -0.05) is 0 Å². The van der Waals surface area contributed by atoms with Gasteiger partial charge in [-0.3, -0.25) is 4.90 Å². The molecule has 1 fully saturated rings. The zero-order valence-corrected chi connectivity index (χ0v) is 11.7. The van der Waals surface area contributed by atoms with Gasteiger partial charge in [-0.2, -0.15) is 0 Å². The molecule has 0 aromatic carbocycles. The summed E-state index contributed by atoms with van der Waals surface area (Å²) in [5.74, 6) is 0.961. The lowest BCUT2D eigenvalue weighted by molar-refractivity contribution is 0.201. The van der Waals surface area contributed by atoms with Crippen molar-refractivity contribution in [2.24, 2.45) is 0 Å². The summed E-state index contributed by atoms with van der Waals surface area (Å²) in [5, 5.41) is 9.26. The molecule has 1 N–H and O–H groups in total. The third-order valence-electron chi connectivity index (χ3n) is 4.12. The molecule has 0 spiro atoms. The van der Waals surface area contributed by atoms with E-state index in [1.807, 2.05) is 13.1 Å². The molecular weight excluding hydrogens is 256 g/mol. The minimum Gasteiger partial charge on any atom is -0.465 e. The molecule has 0 bridgehead atoms. The summed E-state index contributed by atoms with van der Waals surface area (Å²) >= 11 is 0. The molecule has 108 valence electrons. The van der Waals surface area contributed by atoms with Gasteiger partial charge in [0.25, 0.3) is 0 Å². The van der Waals surface area contributed by atoms with E-state index in [2.05, 4.69) is 14.8 Å². The number of likely N-dealkylation sites (N-methyl/N-ethyl adjacent to an activating group) is 1. The Bertz CT molecular complexity index is 514. The smallest absolute Gasteiger partial charge is 0.411 e. The first-order chi connectivity index (χ1) is 9.66. The van der Waals surface area contributed by atoms with E-state index in [1.54, 1.807) is 6.20 Å².